The van der Waals surface area contributed by atoms with Gasteiger partial charge in [0.05, 0.1) is 12.0 Å². The van der Waals surface area contributed by atoms with Gasteiger partial charge in [0.15, 0.2) is 0 Å². The number of carbonyl (C=O) groups excluding carboxylic acids is 2. The quantitative estimate of drug-likeness (QED) is 0.355. The summed E-state index contributed by atoms with van der Waals surface area (Å²) < 4.78 is 0. The first-order chi connectivity index (χ1) is 8.63. The lowest BCUT2D eigenvalue weighted by atomic mass is 9.95. The van der Waals surface area contributed by atoms with Crippen molar-refractivity contribution < 1.29 is 9.59 Å². The Morgan fingerprint density at radius 1 is 1.50 bits per heavy atom. The molecule has 1 aliphatic heterocycles. The molecule has 6 nitrogen and oxygen atoms in total. The van der Waals surface area contributed by atoms with E-state index in [9.17, 15) is 9.59 Å². The molecule has 1 saturated heterocycles. The molecule has 1 heterocycles. The van der Waals surface area contributed by atoms with E-state index in [4.69, 9.17) is 5.84 Å². The van der Waals surface area contributed by atoms with E-state index in [1.807, 2.05) is 6.92 Å². The number of amides is 2. The third-order valence-corrected chi connectivity index (χ3v) is 3.52. The molecule has 2 unspecified atom stereocenters. The van der Waals surface area contributed by atoms with Gasteiger partial charge in [-0.2, -0.15) is 0 Å². The molecule has 0 saturated carbocycles. The van der Waals surface area contributed by atoms with Crippen molar-refractivity contribution in [1.29, 1.82) is 0 Å². The van der Waals surface area contributed by atoms with Crippen LogP contribution in [0.1, 0.15) is 32.6 Å². The van der Waals surface area contributed by atoms with Crippen LogP contribution in [0.2, 0.25) is 0 Å². The average molecular weight is 256 g/mol. The Morgan fingerprint density at radius 2 is 2.22 bits per heavy atom. The van der Waals surface area contributed by atoms with Gasteiger partial charge in [-0.1, -0.05) is 13.3 Å². The molecule has 4 N–H and O–H groups in total. The second-order valence-corrected chi connectivity index (χ2v) is 4.76. The first-order valence-electron chi connectivity index (χ1n) is 6.60. The van der Waals surface area contributed by atoms with Crippen molar-refractivity contribution in [3.8, 4) is 0 Å². The van der Waals surface area contributed by atoms with Gasteiger partial charge in [-0.25, -0.2) is 5.84 Å². The van der Waals surface area contributed by atoms with Gasteiger partial charge in [0.2, 0.25) is 5.91 Å². The Bertz CT molecular complexity index is 296. The molecule has 0 aromatic carbocycles. The second kappa shape index (κ2) is 7.33. The number of hydrogen-bond donors (Lipinski definition) is 3. The van der Waals surface area contributed by atoms with Crippen LogP contribution in [0.4, 0.5) is 0 Å². The molecule has 1 fully saturated rings. The molecule has 0 aromatic rings. The predicted octanol–water partition coefficient (Wildman–Crippen LogP) is -0.397. The highest BCUT2D eigenvalue weighted by molar-refractivity contribution is 5.81. The second-order valence-electron chi connectivity index (χ2n) is 4.76. The van der Waals surface area contributed by atoms with Crippen LogP contribution in [-0.4, -0.2) is 42.9 Å². The summed E-state index contributed by atoms with van der Waals surface area (Å²) in [5.41, 5.74) is 2.22. The van der Waals surface area contributed by atoms with E-state index >= 15 is 0 Å². The van der Waals surface area contributed by atoms with Gasteiger partial charge >= 0.3 is 0 Å². The van der Waals surface area contributed by atoms with Crippen molar-refractivity contribution in [3.63, 3.8) is 0 Å². The fourth-order valence-corrected chi connectivity index (χ4v) is 2.56. The lowest BCUT2D eigenvalue weighted by molar-refractivity contribution is -0.131. The molecule has 1 rings (SSSR count). The number of carbonyl (C=O) groups is 2. The molecule has 104 valence electrons. The molecule has 18 heavy (non-hydrogen) atoms. The summed E-state index contributed by atoms with van der Waals surface area (Å²) in [6, 6.07) is -0.215. The third kappa shape index (κ3) is 3.68. The van der Waals surface area contributed by atoms with Crippen LogP contribution in [0.15, 0.2) is 0 Å². The van der Waals surface area contributed by atoms with Gasteiger partial charge in [0.25, 0.3) is 5.91 Å². The number of nitrogens with zero attached hydrogens (tertiary/aromatic N) is 1. The normalized spacial score (nSPS) is 22.3. The summed E-state index contributed by atoms with van der Waals surface area (Å²) in [5.74, 6) is 5.11. The summed E-state index contributed by atoms with van der Waals surface area (Å²) >= 11 is 0. The molecule has 0 bridgehead atoms. The minimum Gasteiger partial charge on any atom is -0.359 e. The third-order valence-electron chi connectivity index (χ3n) is 3.52. The number of likely N-dealkylation sites (tertiary alicyclic amines) is 1. The fraction of sp³-hybridized carbons (Fsp3) is 0.833. The van der Waals surface area contributed by atoms with Crippen molar-refractivity contribution in [2.24, 2.45) is 11.8 Å². The number of hydrazine groups is 1. The summed E-state index contributed by atoms with van der Waals surface area (Å²) in [5, 5.41) is 2.68. The first-order valence-corrected chi connectivity index (χ1v) is 6.60. The topological polar surface area (TPSA) is 87.5 Å². The zero-order chi connectivity index (χ0) is 13.5. The van der Waals surface area contributed by atoms with E-state index < -0.39 is 0 Å². The fourth-order valence-electron chi connectivity index (χ4n) is 2.56. The van der Waals surface area contributed by atoms with Crippen LogP contribution in [0, 0.1) is 5.92 Å². The highest BCUT2D eigenvalue weighted by atomic mass is 16.2. The number of piperidine rings is 1. The first kappa shape index (κ1) is 14.9. The SMILES string of the molecule is CCCC(C(=O)NN)N1CCCC(C(=O)NC)C1. The maximum atomic E-state index is 11.8. The standard InChI is InChI=1S/C12H24N4O2/c1-3-5-10(12(18)15-13)16-7-4-6-9(8-16)11(17)14-2/h9-10H,3-8,13H2,1-2H3,(H,14,17)(H,15,18). The molecule has 0 aliphatic carbocycles. The van der Waals surface area contributed by atoms with Gasteiger partial charge in [-0.15, -0.1) is 0 Å². The Morgan fingerprint density at radius 3 is 2.78 bits per heavy atom. The summed E-state index contributed by atoms with van der Waals surface area (Å²) in [6.07, 6.45) is 3.51. The Hall–Kier alpha value is -1.14. The van der Waals surface area contributed by atoms with Crippen LogP contribution in [-0.2, 0) is 9.59 Å². The molecule has 0 radical (unpaired) electrons. The summed E-state index contributed by atoms with van der Waals surface area (Å²) in [6.45, 7) is 3.53. The zero-order valence-electron chi connectivity index (χ0n) is 11.2. The van der Waals surface area contributed by atoms with E-state index in [2.05, 4.69) is 15.6 Å². The smallest absolute Gasteiger partial charge is 0.251 e. The largest absolute Gasteiger partial charge is 0.359 e. The van der Waals surface area contributed by atoms with Crippen molar-refractivity contribution >= 4 is 11.8 Å². The molecule has 1 aliphatic rings. The molecular weight excluding hydrogens is 232 g/mol. The summed E-state index contributed by atoms with van der Waals surface area (Å²) in [4.78, 5) is 25.5. The number of nitrogens with one attached hydrogen (secondary N) is 2. The number of nitrogens with two attached hydrogens (primary N) is 1. The van der Waals surface area contributed by atoms with Gasteiger partial charge in [0.1, 0.15) is 0 Å². The van der Waals surface area contributed by atoms with E-state index in [0.29, 0.717) is 6.54 Å². The Labute approximate surface area is 108 Å². The number of rotatable bonds is 5. The average Bonchev–Trinajstić information content (AvgIpc) is 2.43. The highest BCUT2D eigenvalue weighted by Crippen LogP contribution is 2.20. The minimum absolute atomic E-state index is 0.0197. The van der Waals surface area contributed by atoms with Crippen LogP contribution in [0.5, 0.6) is 0 Å². The number of hydrogen-bond acceptors (Lipinski definition) is 4. The van der Waals surface area contributed by atoms with Crippen molar-refractivity contribution in [2.75, 3.05) is 20.1 Å². The molecule has 6 heteroatoms. The molecule has 2 amide bonds. The maximum Gasteiger partial charge on any atom is 0.251 e. The molecular formula is C12H24N4O2. The van der Waals surface area contributed by atoms with Gasteiger partial charge in [-0.3, -0.25) is 19.9 Å². The minimum atomic E-state index is -0.215. The monoisotopic (exact) mass is 256 g/mol. The van der Waals surface area contributed by atoms with Crippen molar-refractivity contribution in [2.45, 2.75) is 38.6 Å². The molecule has 0 spiro atoms. The van der Waals surface area contributed by atoms with Crippen LogP contribution in [0.25, 0.3) is 0 Å². The lowest BCUT2D eigenvalue weighted by Crippen LogP contribution is -2.53. The molecule has 2 atom stereocenters. The van der Waals surface area contributed by atoms with Crippen molar-refractivity contribution in [1.82, 2.24) is 15.6 Å². The van der Waals surface area contributed by atoms with Crippen LogP contribution >= 0.6 is 0 Å². The van der Waals surface area contributed by atoms with Crippen LogP contribution in [0.3, 0.4) is 0 Å². The zero-order valence-corrected chi connectivity index (χ0v) is 11.2. The maximum absolute atomic E-state index is 11.8. The van der Waals surface area contributed by atoms with Gasteiger partial charge < -0.3 is 5.32 Å². The summed E-state index contributed by atoms with van der Waals surface area (Å²) in [7, 11) is 1.65. The van der Waals surface area contributed by atoms with E-state index in [-0.39, 0.29) is 23.8 Å². The van der Waals surface area contributed by atoms with E-state index in [1.54, 1.807) is 7.05 Å². The van der Waals surface area contributed by atoms with E-state index in [1.165, 1.54) is 0 Å². The Balaban J connectivity index is 2.67. The van der Waals surface area contributed by atoms with Gasteiger partial charge in [0, 0.05) is 13.6 Å². The van der Waals surface area contributed by atoms with Crippen molar-refractivity contribution in [3.05, 3.63) is 0 Å². The predicted molar refractivity (Wildman–Crippen MR) is 69.4 cm³/mol. The van der Waals surface area contributed by atoms with Crippen LogP contribution < -0.4 is 16.6 Å². The van der Waals surface area contributed by atoms with Gasteiger partial charge in [-0.05, 0) is 25.8 Å². The molecule has 0 aromatic heterocycles. The van der Waals surface area contributed by atoms with E-state index in [0.717, 1.165) is 32.2 Å². The lowest BCUT2D eigenvalue weighted by Gasteiger charge is -2.36. The highest BCUT2D eigenvalue weighted by Gasteiger charge is 2.31. The Kier molecular flexibility index (Phi) is 6.07.